The summed E-state index contributed by atoms with van der Waals surface area (Å²) in [7, 11) is 0. The molecule has 1 aliphatic heterocycles. The Kier molecular flexibility index (Phi) is 3.54. The molecule has 0 atom stereocenters. The molecule has 0 radical (unpaired) electrons. The van der Waals surface area contributed by atoms with Crippen LogP contribution >= 0.6 is 0 Å². The molecule has 2 aliphatic rings. The first kappa shape index (κ1) is 13.7. The molecule has 6 nitrogen and oxygen atoms in total. The largest absolute Gasteiger partial charge is 0.464 e. The third kappa shape index (κ3) is 2.27. The average molecular weight is 299 g/mol. The van der Waals surface area contributed by atoms with Gasteiger partial charge >= 0.3 is 6.01 Å². The molecule has 2 aromatic rings. The summed E-state index contributed by atoms with van der Waals surface area (Å²) in [5, 5.41) is 8.10. The number of fused-ring (bicyclic) bond motifs is 3. The van der Waals surface area contributed by atoms with E-state index in [1.807, 2.05) is 19.3 Å². The highest BCUT2D eigenvalue weighted by Gasteiger charge is 2.27. The topological polar surface area (TPSA) is 64.9 Å². The van der Waals surface area contributed by atoms with Crippen LogP contribution in [-0.4, -0.2) is 39.4 Å². The SMILES string of the molecule is CCOc1ncc2c(n1)-c1c(cnn1C1CCNCC1)CC2. The summed E-state index contributed by atoms with van der Waals surface area (Å²) in [5.74, 6) is 0. The zero-order valence-electron chi connectivity index (χ0n) is 12.9. The maximum atomic E-state index is 5.49. The number of rotatable bonds is 3. The van der Waals surface area contributed by atoms with Crippen molar-refractivity contribution in [3.8, 4) is 17.4 Å². The summed E-state index contributed by atoms with van der Waals surface area (Å²) in [6.07, 6.45) is 8.16. The first-order chi connectivity index (χ1) is 10.9. The number of ether oxygens (including phenoxy) is 1. The predicted octanol–water partition coefficient (Wildman–Crippen LogP) is 1.76. The highest BCUT2D eigenvalue weighted by atomic mass is 16.5. The molecule has 1 saturated heterocycles. The van der Waals surface area contributed by atoms with Crippen molar-refractivity contribution in [1.29, 1.82) is 0 Å². The van der Waals surface area contributed by atoms with Crippen LogP contribution in [0.5, 0.6) is 6.01 Å². The van der Waals surface area contributed by atoms with Gasteiger partial charge in [-0.05, 0) is 51.3 Å². The lowest BCUT2D eigenvalue weighted by atomic mass is 9.94. The van der Waals surface area contributed by atoms with Gasteiger partial charge in [0.2, 0.25) is 0 Å². The van der Waals surface area contributed by atoms with Crippen molar-refractivity contribution >= 4 is 0 Å². The third-order valence-electron chi connectivity index (χ3n) is 4.53. The molecule has 22 heavy (non-hydrogen) atoms. The van der Waals surface area contributed by atoms with Crippen LogP contribution in [0.3, 0.4) is 0 Å². The molecule has 1 N–H and O–H groups in total. The van der Waals surface area contributed by atoms with E-state index in [2.05, 4.69) is 25.1 Å². The Labute approximate surface area is 129 Å². The lowest BCUT2D eigenvalue weighted by molar-refractivity contribution is 0.312. The molecule has 2 aromatic heterocycles. The summed E-state index contributed by atoms with van der Waals surface area (Å²) in [6, 6.07) is 0.925. The number of hydrogen-bond acceptors (Lipinski definition) is 5. The van der Waals surface area contributed by atoms with E-state index < -0.39 is 0 Å². The van der Waals surface area contributed by atoms with E-state index >= 15 is 0 Å². The Hall–Kier alpha value is -1.95. The van der Waals surface area contributed by atoms with Crippen LogP contribution in [0.15, 0.2) is 12.4 Å². The number of nitrogens with one attached hydrogen (secondary N) is 1. The number of aryl methyl sites for hydroxylation is 2. The van der Waals surface area contributed by atoms with Crippen LogP contribution in [0.2, 0.25) is 0 Å². The number of aromatic nitrogens is 4. The van der Waals surface area contributed by atoms with Crippen LogP contribution in [0, 0.1) is 0 Å². The molecule has 1 fully saturated rings. The lowest BCUT2D eigenvalue weighted by Crippen LogP contribution is -2.30. The Bertz CT molecular complexity index is 675. The van der Waals surface area contributed by atoms with Gasteiger partial charge < -0.3 is 10.1 Å². The molecule has 0 saturated carbocycles. The van der Waals surface area contributed by atoms with Crippen molar-refractivity contribution in [2.24, 2.45) is 0 Å². The van der Waals surface area contributed by atoms with E-state index in [9.17, 15) is 0 Å². The molecule has 4 rings (SSSR count). The van der Waals surface area contributed by atoms with Crippen LogP contribution in [0.1, 0.15) is 36.9 Å². The Morgan fingerprint density at radius 3 is 2.86 bits per heavy atom. The van der Waals surface area contributed by atoms with Gasteiger partial charge in [0.1, 0.15) is 0 Å². The Morgan fingerprint density at radius 2 is 2.05 bits per heavy atom. The zero-order valence-corrected chi connectivity index (χ0v) is 12.9. The van der Waals surface area contributed by atoms with Crippen molar-refractivity contribution < 1.29 is 4.74 Å². The molecule has 0 amide bonds. The van der Waals surface area contributed by atoms with Gasteiger partial charge in [0.25, 0.3) is 0 Å². The fraction of sp³-hybridized carbons (Fsp3) is 0.562. The minimum absolute atomic E-state index is 0.460. The molecule has 0 unspecified atom stereocenters. The van der Waals surface area contributed by atoms with Crippen molar-refractivity contribution in [2.75, 3.05) is 19.7 Å². The Morgan fingerprint density at radius 1 is 1.23 bits per heavy atom. The second kappa shape index (κ2) is 5.68. The number of nitrogens with zero attached hydrogens (tertiary/aromatic N) is 4. The molecule has 1 aliphatic carbocycles. The summed E-state index contributed by atoms with van der Waals surface area (Å²) >= 11 is 0. The van der Waals surface area contributed by atoms with Gasteiger partial charge in [-0.3, -0.25) is 4.68 Å². The van der Waals surface area contributed by atoms with Crippen molar-refractivity contribution in [3.05, 3.63) is 23.5 Å². The third-order valence-corrected chi connectivity index (χ3v) is 4.53. The van der Waals surface area contributed by atoms with Crippen molar-refractivity contribution in [3.63, 3.8) is 0 Å². The number of hydrogen-bond donors (Lipinski definition) is 1. The van der Waals surface area contributed by atoms with Crippen LogP contribution in [0.4, 0.5) is 0 Å². The van der Waals surface area contributed by atoms with Gasteiger partial charge in [0, 0.05) is 11.8 Å². The predicted molar refractivity (Wildman–Crippen MR) is 83.0 cm³/mol. The van der Waals surface area contributed by atoms with Gasteiger partial charge in [0.15, 0.2) is 0 Å². The van der Waals surface area contributed by atoms with Gasteiger partial charge in [-0.15, -0.1) is 0 Å². The molecule has 0 aromatic carbocycles. The second-order valence-corrected chi connectivity index (χ2v) is 5.90. The quantitative estimate of drug-likeness (QED) is 0.935. The van der Waals surface area contributed by atoms with Gasteiger partial charge in [0.05, 0.1) is 30.2 Å². The standard InChI is InChI=1S/C16H21N5O/c1-2-22-16-18-9-11-3-4-12-10-19-21(15(12)14(11)20-16)13-5-7-17-8-6-13/h9-10,13,17H,2-8H2,1H3. The molecule has 3 heterocycles. The summed E-state index contributed by atoms with van der Waals surface area (Å²) < 4.78 is 7.68. The van der Waals surface area contributed by atoms with E-state index in [0.717, 1.165) is 44.5 Å². The summed E-state index contributed by atoms with van der Waals surface area (Å²) in [4.78, 5) is 8.97. The van der Waals surface area contributed by atoms with E-state index in [1.165, 1.54) is 16.8 Å². The maximum absolute atomic E-state index is 5.49. The maximum Gasteiger partial charge on any atom is 0.316 e. The molecular weight excluding hydrogens is 278 g/mol. The van der Waals surface area contributed by atoms with Crippen molar-refractivity contribution in [1.82, 2.24) is 25.1 Å². The minimum Gasteiger partial charge on any atom is -0.464 e. The van der Waals surface area contributed by atoms with Crippen molar-refractivity contribution in [2.45, 2.75) is 38.6 Å². The van der Waals surface area contributed by atoms with E-state index in [0.29, 0.717) is 18.7 Å². The smallest absolute Gasteiger partial charge is 0.316 e. The van der Waals surface area contributed by atoms with Gasteiger partial charge in [-0.1, -0.05) is 0 Å². The number of piperidine rings is 1. The lowest BCUT2D eigenvalue weighted by Gasteiger charge is -2.26. The minimum atomic E-state index is 0.460. The molecule has 0 bridgehead atoms. The Balaban J connectivity index is 1.78. The normalized spacial score (nSPS) is 17.9. The average Bonchev–Trinajstić information content (AvgIpc) is 3.00. The molecule has 6 heteroatoms. The molecular formula is C16H21N5O. The fourth-order valence-corrected chi connectivity index (χ4v) is 3.42. The van der Waals surface area contributed by atoms with Crippen LogP contribution in [-0.2, 0) is 12.8 Å². The molecule has 116 valence electrons. The van der Waals surface area contributed by atoms with E-state index in [4.69, 9.17) is 4.74 Å². The van der Waals surface area contributed by atoms with Crippen LogP contribution < -0.4 is 10.1 Å². The first-order valence-corrected chi connectivity index (χ1v) is 8.13. The van der Waals surface area contributed by atoms with E-state index in [1.54, 1.807) is 0 Å². The highest BCUT2D eigenvalue weighted by molar-refractivity contribution is 5.66. The van der Waals surface area contributed by atoms with Gasteiger partial charge in [-0.25, -0.2) is 4.98 Å². The fourth-order valence-electron chi connectivity index (χ4n) is 3.42. The van der Waals surface area contributed by atoms with Gasteiger partial charge in [-0.2, -0.15) is 10.1 Å². The second-order valence-electron chi connectivity index (χ2n) is 5.90. The monoisotopic (exact) mass is 299 g/mol. The zero-order chi connectivity index (χ0) is 14.9. The highest BCUT2D eigenvalue weighted by Crippen LogP contribution is 2.35. The van der Waals surface area contributed by atoms with E-state index in [-0.39, 0.29) is 0 Å². The molecule has 0 spiro atoms. The van der Waals surface area contributed by atoms with Crippen LogP contribution in [0.25, 0.3) is 11.4 Å². The first-order valence-electron chi connectivity index (χ1n) is 8.13. The summed E-state index contributed by atoms with van der Waals surface area (Å²) in [5.41, 5.74) is 4.69. The summed E-state index contributed by atoms with van der Waals surface area (Å²) in [6.45, 7) is 4.65.